The molecule has 0 saturated heterocycles. The zero-order valence-electron chi connectivity index (χ0n) is 5.85. The number of aromatic nitrogens is 3. The fourth-order valence-corrected chi connectivity index (χ4v) is 0.493. The lowest BCUT2D eigenvalue weighted by atomic mass is 10.8. The van der Waals surface area contributed by atoms with E-state index in [0.29, 0.717) is 0 Å². The Hall–Kier alpha value is -1.39. The minimum atomic E-state index is -0.245. The first kappa shape index (κ1) is 6.73. The summed E-state index contributed by atoms with van der Waals surface area (Å²) in [7, 11) is 3.29. The van der Waals surface area contributed by atoms with Gasteiger partial charge in [-0.3, -0.25) is 0 Å². The molecule has 0 N–H and O–H groups in total. The standard InChI is InChI=1S/C5H8N4O/c1-8(2)5(10)9-6-3-4-7-9/h3-4H,1-2H3. The summed E-state index contributed by atoms with van der Waals surface area (Å²) in [4.78, 5) is 13.4. The smallest absolute Gasteiger partial charge is 0.328 e. The van der Waals surface area contributed by atoms with Crippen LogP contribution in [0.5, 0.6) is 0 Å². The Morgan fingerprint density at radius 1 is 1.40 bits per heavy atom. The molecule has 0 fully saturated rings. The zero-order chi connectivity index (χ0) is 7.56. The number of carbonyl (C=O) groups is 1. The average molecular weight is 140 g/mol. The van der Waals surface area contributed by atoms with Crippen LogP contribution < -0.4 is 0 Å². The first-order valence-corrected chi connectivity index (χ1v) is 2.80. The Morgan fingerprint density at radius 3 is 2.30 bits per heavy atom. The fraction of sp³-hybridized carbons (Fsp3) is 0.400. The van der Waals surface area contributed by atoms with Gasteiger partial charge in [0.2, 0.25) is 0 Å². The molecule has 0 atom stereocenters. The van der Waals surface area contributed by atoms with E-state index in [9.17, 15) is 4.79 Å². The van der Waals surface area contributed by atoms with Crippen LogP contribution in [-0.4, -0.2) is 40.0 Å². The topological polar surface area (TPSA) is 51.0 Å². The lowest BCUT2D eigenvalue weighted by Gasteiger charge is -2.06. The normalized spacial score (nSPS) is 9.40. The quantitative estimate of drug-likeness (QED) is 0.501. The fourth-order valence-electron chi connectivity index (χ4n) is 0.493. The molecular weight excluding hydrogens is 132 g/mol. The predicted molar refractivity (Wildman–Crippen MR) is 34.5 cm³/mol. The Balaban J connectivity index is 2.78. The van der Waals surface area contributed by atoms with Crippen molar-refractivity contribution >= 4 is 6.03 Å². The van der Waals surface area contributed by atoms with Crippen LogP contribution in [0.3, 0.4) is 0 Å². The van der Waals surface area contributed by atoms with Gasteiger partial charge >= 0.3 is 6.03 Å². The van der Waals surface area contributed by atoms with Crippen molar-refractivity contribution in [1.82, 2.24) is 19.9 Å². The van der Waals surface area contributed by atoms with Crippen molar-refractivity contribution in [1.29, 1.82) is 0 Å². The van der Waals surface area contributed by atoms with E-state index in [0.717, 1.165) is 4.80 Å². The molecule has 0 saturated carbocycles. The first-order valence-electron chi connectivity index (χ1n) is 2.80. The van der Waals surface area contributed by atoms with E-state index < -0.39 is 0 Å². The summed E-state index contributed by atoms with van der Waals surface area (Å²) < 4.78 is 0. The number of hydrogen-bond donors (Lipinski definition) is 0. The van der Waals surface area contributed by atoms with E-state index in [1.54, 1.807) is 14.1 Å². The van der Waals surface area contributed by atoms with Crippen molar-refractivity contribution in [3.05, 3.63) is 12.4 Å². The molecule has 1 aromatic heterocycles. The summed E-state index contributed by atoms with van der Waals surface area (Å²) in [5, 5.41) is 7.30. The summed E-state index contributed by atoms with van der Waals surface area (Å²) in [6, 6.07) is -0.245. The number of hydrogen-bond acceptors (Lipinski definition) is 3. The van der Waals surface area contributed by atoms with Gasteiger partial charge in [-0.15, -0.1) is 0 Å². The van der Waals surface area contributed by atoms with Crippen LogP contribution >= 0.6 is 0 Å². The molecule has 0 unspecified atom stereocenters. The van der Waals surface area contributed by atoms with Gasteiger partial charge in [-0.25, -0.2) is 4.79 Å². The average Bonchev–Trinajstić information content (AvgIpc) is 2.36. The minimum Gasteiger partial charge on any atom is -0.328 e. The Morgan fingerprint density at radius 2 is 1.90 bits per heavy atom. The molecule has 0 aliphatic heterocycles. The minimum absolute atomic E-state index is 0.245. The molecule has 0 aromatic carbocycles. The highest BCUT2D eigenvalue weighted by molar-refractivity contribution is 5.73. The second kappa shape index (κ2) is 2.47. The maximum absolute atomic E-state index is 11.0. The molecule has 5 heteroatoms. The van der Waals surface area contributed by atoms with E-state index >= 15 is 0 Å². The van der Waals surface area contributed by atoms with E-state index in [4.69, 9.17) is 0 Å². The summed E-state index contributed by atoms with van der Waals surface area (Å²) in [6.07, 6.45) is 2.92. The maximum Gasteiger partial charge on any atom is 0.361 e. The Kier molecular flexibility index (Phi) is 1.66. The highest BCUT2D eigenvalue weighted by Gasteiger charge is 2.05. The van der Waals surface area contributed by atoms with Crippen LogP contribution in [-0.2, 0) is 0 Å². The number of nitrogens with zero attached hydrogens (tertiary/aromatic N) is 4. The molecule has 0 aliphatic rings. The molecule has 0 radical (unpaired) electrons. The Bertz CT molecular complexity index is 216. The molecule has 54 valence electrons. The predicted octanol–water partition coefficient (Wildman–Crippen LogP) is -0.192. The highest BCUT2D eigenvalue weighted by atomic mass is 16.2. The van der Waals surface area contributed by atoms with Gasteiger partial charge in [0.25, 0.3) is 0 Å². The van der Waals surface area contributed by atoms with Crippen LogP contribution in [0.25, 0.3) is 0 Å². The van der Waals surface area contributed by atoms with Crippen molar-refractivity contribution < 1.29 is 4.79 Å². The van der Waals surface area contributed by atoms with Crippen molar-refractivity contribution in [3.63, 3.8) is 0 Å². The molecule has 0 spiro atoms. The lowest BCUT2D eigenvalue weighted by molar-refractivity contribution is 0.212. The lowest BCUT2D eigenvalue weighted by Crippen LogP contribution is -2.28. The van der Waals surface area contributed by atoms with Crippen molar-refractivity contribution in [3.8, 4) is 0 Å². The molecule has 0 bridgehead atoms. The van der Waals surface area contributed by atoms with Gasteiger partial charge in [-0.1, -0.05) is 4.80 Å². The van der Waals surface area contributed by atoms with Gasteiger partial charge < -0.3 is 4.90 Å². The third kappa shape index (κ3) is 1.12. The molecule has 0 aliphatic carbocycles. The number of rotatable bonds is 0. The van der Waals surface area contributed by atoms with Gasteiger partial charge in [0.05, 0.1) is 12.4 Å². The first-order chi connectivity index (χ1) is 4.72. The maximum atomic E-state index is 11.0. The third-order valence-electron chi connectivity index (χ3n) is 0.972. The van der Waals surface area contributed by atoms with Gasteiger partial charge in [-0.05, 0) is 0 Å². The second-order valence-electron chi connectivity index (χ2n) is 2.00. The van der Waals surface area contributed by atoms with Crippen molar-refractivity contribution in [2.45, 2.75) is 0 Å². The van der Waals surface area contributed by atoms with Crippen LogP contribution in [0.4, 0.5) is 4.79 Å². The Labute approximate surface area is 58.2 Å². The van der Waals surface area contributed by atoms with Gasteiger partial charge in [0.1, 0.15) is 0 Å². The molecule has 5 nitrogen and oxygen atoms in total. The van der Waals surface area contributed by atoms with Crippen LogP contribution in [0.1, 0.15) is 0 Å². The molecule has 10 heavy (non-hydrogen) atoms. The van der Waals surface area contributed by atoms with Crippen LogP contribution in [0, 0.1) is 0 Å². The van der Waals surface area contributed by atoms with Crippen LogP contribution in [0.2, 0.25) is 0 Å². The highest BCUT2D eigenvalue weighted by Crippen LogP contribution is 1.83. The molecule has 1 amide bonds. The second-order valence-corrected chi connectivity index (χ2v) is 2.00. The zero-order valence-corrected chi connectivity index (χ0v) is 5.85. The van der Waals surface area contributed by atoms with E-state index in [1.807, 2.05) is 0 Å². The van der Waals surface area contributed by atoms with Gasteiger partial charge in [-0.2, -0.15) is 10.2 Å². The largest absolute Gasteiger partial charge is 0.361 e. The summed E-state index contributed by atoms with van der Waals surface area (Å²) in [5.74, 6) is 0. The van der Waals surface area contributed by atoms with Crippen LogP contribution in [0.15, 0.2) is 12.4 Å². The van der Waals surface area contributed by atoms with Crippen molar-refractivity contribution in [2.75, 3.05) is 14.1 Å². The summed E-state index contributed by atoms with van der Waals surface area (Å²) >= 11 is 0. The van der Waals surface area contributed by atoms with E-state index in [2.05, 4.69) is 10.2 Å². The molecule has 1 rings (SSSR count). The molecular formula is C5H8N4O. The van der Waals surface area contributed by atoms with Gasteiger partial charge in [0, 0.05) is 14.1 Å². The number of carbonyl (C=O) groups excluding carboxylic acids is 1. The summed E-state index contributed by atoms with van der Waals surface area (Å²) in [5.41, 5.74) is 0. The SMILES string of the molecule is CN(C)C(=O)n1nccn1. The summed E-state index contributed by atoms with van der Waals surface area (Å²) in [6.45, 7) is 0. The van der Waals surface area contributed by atoms with E-state index in [-0.39, 0.29) is 6.03 Å². The molecule has 1 heterocycles. The van der Waals surface area contributed by atoms with E-state index in [1.165, 1.54) is 17.3 Å². The monoisotopic (exact) mass is 140 g/mol. The molecule has 1 aromatic rings. The van der Waals surface area contributed by atoms with Crippen molar-refractivity contribution in [2.24, 2.45) is 0 Å². The van der Waals surface area contributed by atoms with Gasteiger partial charge in [0.15, 0.2) is 0 Å². The number of amides is 1. The third-order valence-corrected chi connectivity index (χ3v) is 0.972.